The summed E-state index contributed by atoms with van der Waals surface area (Å²) >= 11 is 0. The first kappa shape index (κ1) is 13.5. The number of likely N-dealkylation sites (N-methyl/N-ethyl adjacent to an activating group) is 1. The van der Waals surface area contributed by atoms with Gasteiger partial charge in [0, 0.05) is 0 Å². The first-order chi connectivity index (χ1) is 8.01. The second-order valence-electron chi connectivity index (χ2n) is 4.18. The number of esters is 1. The molecule has 0 aliphatic heterocycles. The number of aryl methyl sites for hydroxylation is 1. The Kier molecular flexibility index (Phi) is 4.52. The van der Waals surface area contributed by atoms with Crippen molar-refractivity contribution in [3.63, 3.8) is 0 Å². The summed E-state index contributed by atoms with van der Waals surface area (Å²) in [7, 11) is 3.07. The van der Waals surface area contributed by atoms with Gasteiger partial charge in [0.05, 0.1) is 7.11 Å². The number of carbonyl (C=O) groups excluding carboxylic acids is 1. The van der Waals surface area contributed by atoms with Gasteiger partial charge in [-0.25, -0.2) is 4.79 Å². The van der Waals surface area contributed by atoms with E-state index < -0.39 is 5.54 Å². The third-order valence-electron chi connectivity index (χ3n) is 2.74. The molecular weight excluding hydrogens is 218 g/mol. The number of carbonyl (C=O) groups is 1. The van der Waals surface area contributed by atoms with Crippen molar-refractivity contribution in [3.05, 3.63) is 29.8 Å². The minimum absolute atomic E-state index is 0.221. The van der Waals surface area contributed by atoms with Crippen molar-refractivity contribution < 1.29 is 14.3 Å². The van der Waals surface area contributed by atoms with Crippen LogP contribution in [-0.2, 0) is 9.53 Å². The van der Waals surface area contributed by atoms with Crippen LogP contribution in [0.3, 0.4) is 0 Å². The molecule has 0 amide bonds. The summed E-state index contributed by atoms with van der Waals surface area (Å²) in [6.07, 6.45) is 0. The maximum Gasteiger partial charge on any atom is 0.329 e. The Morgan fingerprint density at radius 1 is 1.35 bits per heavy atom. The maximum atomic E-state index is 11.6. The average Bonchev–Trinajstić information content (AvgIpc) is 2.36. The fraction of sp³-hybridized carbons (Fsp3) is 0.462. The lowest BCUT2D eigenvalue weighted by molar-refractivity contribution is -0.148. The number of methoxy groups -OCH3 is 1. The summed E-state index contributed by atoms with van der Waals surface area (Å²) in [5.74, 6) is 0.396. The molecule has 94 valence electrons. The minimum atomic E-state index is -0.834. The molecule has 0 saturated carbocycles. The van der Waals surface area contributed by atoms with Crippen molar-refractivity contribution in [1.82, 2.24) is 5.32 Å². The quantitative estimate of drug-likeness (QED) is 0.789. The van der Waals surface area contributed by atoms with Gasteiger partial charge in [0.2, 0.25) is 0 Å². The summed E-state index contributed by atoms with van der Waals surface area (Å²) in [6.45, 7) is 3.97. The lowest BCUT2D eigenvalue weighted by Gasteiger charge is -2.25. The summed E-state index contributed by atoms with van der Waals surface area (Å²) < 4.78 is 10.3. The van der Waals surface area contributed by atoms with Crippen LogP contribution in [-0.4, -0.2) is 32.3 Å². The van der Waals surface area contributed by atoms with Crippen molar-refractivity contribution in [2.75, 3.05) is 20.8 Å². The zero-order chi connectivity index (χ0) is 12.9. The van der Waals surface area contributed by atoms with Crippen LogP contribution in [0, 0.1) is 6.92 Å². The van der Waals surface area contributed by atoms with Gasteiger partial charge in [0.15, 0.2) is 0 Å². The van der Waals surface area contributed by atoms with E-state index in [0.717, 1.165) is 5.75 Å². The smallest absolute Gasteiger partial charge is 0.329 e. The van der Waals surface area contributed by atoms with Crippen molar-refractivity contribution in [2.24, 2.45) is 0 Å². The van der Waals surface area contributed by atoms with Crippen LogP contribution in [0.5, 0.6) is 5.75 Å². The molecule has 0 aliphatic rings. The Morgan fingerprint density at radius 2 is 1.94 bits per heavy atom. The number of nitrogens with one attached hydrogen (secondary N) is 1. The Labute approximate surface area is 102 Å². The van der Waals surface area contributed by atoms with Crippen LogP contribution in [0.15, 0.2) is 24.3 Å². The number of hydrogen-bond donors (Lipinski definition) is 1. The molecule has 0 heterocycles. The lowest BCUT2D eigenvalue weighted by Crippen LogP contribution is -2.52. The molecule has 4 nitrogen and oxygen atoms in total. The standard InChI is InChI=1S/C13H19NO3/c1-10-5-7-11(8-6-10)17-9-13(2,14-3)12(15)16-4/h5-8,14H,9H2,1-4H3. The van der Waals surface area contributed by atoms with E-state index in [-0.39, 0.29) is 12.6 Å². The number of ether oxygens (including phenoxy) is 2. The molecule has 1 atom stereocenters. The van der Waals surface area contributed by atoms with Crippen LogP contribution < -0.4 is 10.1 Å². The van der Waals surface area contributed by atoms with Gasteiger partial charge in [-0.1, -0.05) is 17.7 Å². The zero-order valence-electron chi connectivity index (χ0n) is 10.7. The van der Waals surface area contributed by atoms with E-state index in [1.807, 2.05) is 31.2 Å². The van der Waals surface area contributed by atoms with E-state index >= 15 is 0 Å². The number of rotatable bonds is 5. The van der Waals surface area contributed by atoms with Gasteiger partial charge in [-0.15, -0.1) is 0 Å². The monoisotopic (exact) mass is 237 g/mol. The van der Waals surface area contributed by atoms with E-state index in [9.17, 15) is 4.79 Å². The van der Waals surface area contributed by atoms with Gasteiger partial charge in [0.1, 0.15) is 17.9 Å². The third kappa shape index (κ3) is 3.46. The van der Waals surface area contributed by atoms with Crippen LogP contribution >= 0.6 is 0 Å². The Hall–Kier alpha value is -1.55. The molecule has 0 saturated heterocycles. The predicted octanol–water partition coefficient (Wildman–Crippen LogP) is 1.52. The van der Waals surface area contributed by atoms with E-state index in [2.05, 4.69) is 5.32 Å². The molecule has 17 heavy (non-hydrogen) atoms. The number of benzene rings is 1. The van der Waals surface area contributed by atoms with Gasteiger partial charge in [0.25, 0.3) is 0 Å². The fourth-order valence-corrected chi connectivity index (χ4v) is 1.32. The first-order valence-corrected chi connectivity index (χ1v) is 5.48. The van der Waals surface area contributed by atoms with E-state index in [0.29, 0.717) is 0 Å². The molecule has 0 spiro atoms. The largest absolute Gasteiger partial charge is 0.491 e. The Balaban J connectivity index is 2.65. The van der Waals surface area contributed by atoms with Crippen molar-refractivity contribution in [3.8, 4) is 5.75 Å². The van der Waals surface area contributed by atoms with Crippen molar-refractivity contribution in [1.29, 1.82) is 0 Å². The normalized spacial score (nSPS) is 13.9. The molecule has 4 heteroatoms. The van der Waals surface area contributed by atoms with Crippen molar-refractivity contribution in [2.45, 2.75) is 19.4 Å². The SMILES string of the molecule is CNC(C)(COc1ccc(C)cc1)C(=O)OC. The van der Waals surface area contributed by atoms with Crippen LogP contribution in [0.4, 0.5) is 0 Å². The van der Waals surface area contributed by atoms with Gasteiger partial charge >= 0.3 is 5.97 Å². The van der Waals surface area contributed by atoms with Gasteiger partial charge in [-0.2, -0.15) is 0 Å². The van der Waals surface area contributed by atoms with Gasteiger partial charge < -0.3 is 14.8 Å². The average molecular weight is 237 g/mol. The summed E-state index contributed by atoms with van der Waals surface area (Å²) in [6, 6.07) is 7.68. The molecular formula is C13H19NO3. The molecule has 0 bridgehead atoms. The second kappa shape index (κ2) is 5.68. The summed E-state index contributed by atoms with van der Waals surface area (Å²) in [5.41, 5.74) is 0.335. The first-order valence-electron chi connectivity index (χ1n) is 5.48. The molecule has 1 N–H and O–H groups in total. The molecule has 0 aromatic heterocycles. The molecule has 1 aromatic carbocycles. The topological polar surface area (TPSA) is 47.6 Å². The van der Waals surface area contributed by atoms with E-state index in [1.165, 1.54) is 12.7 Å². The van der Waals surface area contributed by atoms with Crippen LogP contribution in [0.25, 0.3) is 0 Å². The van der Waals surface area contributed by atoms with Gasteiger partial charge in [-0.3, -0.25) is 0 Å². The highest BCUT2D eigenvalue weighted by Gasteiger charge is 2.33. The molecule has 1 aromatic rings. The Bertz CT molecular complexity index is 375. The lowest BCUT2D eigenvalue weighted by atomic mass is 10.1. The zero-order valence-corrected chi connectivity index (χ0v) is 10.7. The molecule has 0 aliphatic carbocycles. The minimum Gasteiger partial charge on any atom is -0.491 e. The number of hydrogen-bond acceptors (Lipinski definition) is 4. The fourth-order valence-electron chi connectivity index (χ4n) is 1.32. The molecule has 0 fully saturated rings. The van der Waals surface area contributed by atoms with Crippen LogP contribution in [0.1, 0.15) is 12.5 Å². The Morgan fingerprint density at radius 3 is 2.41 bits per heavy atom. The second-order valence-corrected chi connectivity index (χ2v) is 4.18. The molecule has 1 unspecified atom stereocenters. The molecule has 0 radical (unpaired) electrons. The maximum absolute atomic E-state index is 11.6. The third-order valence-corrected chi connectivity index (χ3v) is 2.74. The van der Waals surface area contributed by atoms with Gasteiger partial charge in [-0.05, 0) is 33.0 Å². The van der Waals surface area contributed by atoms with E-state index in [1.54, 1.807) is 14.0 Å². The highest BCUT2D eigenvalue weighted by Crippen LogP contribution is 2.14. The highest BCUT2D eigenvalue weighted by atomic mass is 16.5. The van der Waals surface area contributed by atoms with Crippen molar-refractivity contribution >= 4 is 5.97 Å². The summed E-state index contributed by atoms with van der Waals surface area (Å²) in [4.78, 5) is 11.6. The highest BCUT2D eigenvalue weighted by molar-refractivity contribution is 5.80. The van der Waals surface area contributed by atoms with E-state index in [4.69, 9.17) is 9.47 Å². The molecule has 1 rings (SSSR count). The van der Waals surface area contributed by atoms with Crippen LogP contribution in [0.2, 0.25) is 0 Å². The predicted molar refractivity (Wildman–Crippen MR) is 66.2 cm³/mol. The summed E-state index contributed by atoms with van der Waals surface area (Å²) in [5, 5.41) is 2.91.